The molecule has 0 aliphatic heterocycles. The molecule has 4 nitrogen and oxygen atoms in total. The Labute approximate surface area is 114 Å². The van der Waals surface area contributed by atoms with Gasteiger partial charge in [0.2, 0.25) is 0 Å². The van der Waals surface area contributed by atoms with Crippen LogP contribution in [-0.2, 0) is 10.1 Å². The van der Waals surface area contributed by atoms with E-state index in [-0.39, 0.29) is 41.4 Å². The van der Waals surface area contributed by atoms with Gasteiger partial charge in [-0.3, -0.25) is 0 Å². The molecule has 0 radical (unpaired) electrons. The predicted octanol–water partition coefficient (Wildman–Crippen LogP) is -1.74. The smallest absolute Gasteiger partial charge is 0.748 e. The van der Waals surface area contributed by atoms with Gasteiger partial charge in [0.05, 0.1) is 16.2 Å². The van der Waals surface area contributed by atoms with E-state index in [0.717, 1.165) is 19.3 Å². The SMILES string of the molecule is CCCCC(O)CCCCS(=O)(=O)[O-].[Na+]. The molecule has 86 valence electrons. The van der Waals surface area contributed by atoms with Crippen molar-refractivity contribution in [1.82, 2.24) is 0 Å². The third kappa shape index (κ3) is 14.9. The molecule has 0 bridgehead atoms. The Bertz CT molecular complexity index is 228. The van der Waals surface area contributed by atoms with Gasteiger partial charge in [0.1, 0.15) is 0 Å². The zero-order chi connectivity index (χ0) is 11.0. The Morgan fingerprint density at radius 1 is 1.20 bits per heavy atom. The summed E-state index contributed by atoms with van der Waals surface area (Å²) < 4.78 is 30.7. The fourth-order valence-corrected chi connectivity index (χ4v) is 1.80. The first-order chi connectivity index (χ1) is 6.45. The number of aliphatic hydroxyl groups excluding tert-OH is 1. The van der Waals surface area contributed by atoms with Gasteiger partial charge in [0, 0.05) is 5.75 Å². The van der Waals surface area contributed by atoms with Gasteiger partial charge < -0.3 is 9.66 Å². The molecule has 0 aliphatic carbocycles. The Hall–Kier alpha value is 0.870. The molecule has 0 rings (SSSR count). The summed E-state index contributed by atoms with van der Waals surface area (Å²) in [7, 11) is -4.07. The summed E-state index contributed by atoms with van der Waals surface area (Å²) in [6.45, 7) is 2.05. The van der Waals surface area contributed by atoms with E-state index in [1.165, 1.54) is 0 Å². The molecule has 0 aliphatic rings. The molecule has 15 heavy (non-hydrogen) atoms. The molecule has 0 aromatic carbocycles. The molecule has 0 aromatic rings. The van der Waals surface area contributed by atoms with E-state index >= 15 is 0 Å². The van der Waals surface area contributed by atoms with E-state index in [2.05, 4.69) is 6.92 Å². The number of rotatable bonds is 8. The van der Waals surface area contributed by atoms with Gasteiger partial charge in [0.25, 0.3) is 0 Å². The minimum absolute atomic E-state index is 0. The predicted molar refractivity (Wildman–Crippen MR) is 53.9 cm³/mol. The van der Waals surface area contributed by atoms with Crippen LogP contribution in [0.3, 0.4) is 0 Å². The van der Waals surface area contributed by atoms with Crippen LogP contribution in [0.1, 0.15) is 45.4 Å². The van der Waals surface area contributed by atoms with Crippen LogP contribution in [0.5, 0.6) is 0 Å². The maximum atomic E-state index is 10.2. The molecule has 0 heterocycles. The number of aliphatic hydroxyl groups is 1. The average molecular weight is 246 g/mol. The average Bonchev–Trinajstić information content (AvgIpc) is 2.07. The van der Waals surface area contributed by atoms with Crippen molar-refractivity contribution in [3.8, 4) is 0 Å². The van der Waals surface area contributed by atoms with Gasteiger partial charge in [-0.05, 0) is 25.7 Å². The van der Waals surface area contributed by atoms with Crippen LogP contribution in [0, 0.1) is 0 Å². The fourth-order valence-electron chi connectivity index (χ4n) is 1.24. The Morgan fingerprint density at radius 3 is 2.20 bits per heavy atom. The van der Waals surface area contributed by atoms with Gasteiger partial charge >= 0.3 is 29.6 Å². The van der Waals surface area contributed by atoms with Crippen LogP contribution >= 0.6 is 0 Å². The first-order valence-electron chi connectivity index (χ1n) is 5.07. The summed E-state index contributed by atoms with van der Waals surface area (Å²) in [6, 6.07) is 0. The van der Waals surface area contributed by atoms with Crippen LogP contribution in [0.15, 0.2) is 0 Å². The molecule has 0 amide bonds. The van der Waals surface area contributed by atoms with Crippen molar-refractivity contribution in [3.63, 3.8) is 0 Å². The van der Waals surface area contributed by atoms with Crippen LogP contribution in [-0.4, -0.2) is 29.9 Å². The van der Waals surface area contributed by atoms with Gasteiger partial charge in [-0.25, -0.2) is 8.42 Å². The molecule has 0 spiro atoms. The van der Waals surface area contributed by atoms with E-state index in [0.29, 0.717) is 19.3 Å². The minimum atomic E-state index is -4.07. The number of unbranched alkanes of at least 4 members (excludes halogenated alkanes) is 2. The Kier molecular flexibility index (Phi) is 12.2. The van der Waals surface area contributed by atoms with E-state index in [4.69, 9.17) is 0 Å². The summed E-state index contributed by atoms with van der Waals surface area (Å²) in [5.74, 6) is -0.312. The van der Waals surface area contributed by atoms with Crippen molar-refractivity contribution in [1.29, 1.82) is 0 Å². The van der Waals surface area contributed by atoms with Crippen molar-refractivity contribution in [2.45, 2.75) is 51.6 Å². The van der Waals surface area contributed by atoms with E-state index in [1.807, 2.05) is 0 Å². The molecule has 6 heteroatoms. The first-order valence-corrected chi connectivity index (χ1v) is 6.65. The van der Waals surface area contributed by atoms with Gasteiger partial charge in [0.15, 0.2) is 0 Å². The summed E-state index contributed by atoms with van der Waals surface area (Å²) in [5.41, 5.74) is 0. The molecule has 1 unspecified atom stereocenters. The van der Waals surface area contributed by atoms with Gasteiger partial charge in [-0.15, -0.1) is 0 Å². The molecular weight excluding hydrogens is 227 g/mol. The number of hydrogen-bond donors (Lipinski definition) is 1. The normalized spacial score (nSPS) is 13.3. The molecular formula is C9H19NaO4S. The third-order valence-corrected chi connectivity index (χ3v) is 2.86. The van der Waals surface area contributed by atoms with Crippen LogP contribution in [0.2, 0.25) is 0 Å². The standard InChI is InChI=1S/C9H20O4S.Na/c1-2-3-6-9(10)7-4-5-8-14(11,12)13;/h9-10H,2-8H2,1H3,(H,11,12,13);/q;+1/p-1. The van der Waals surface area contributed by atoms with Crippen molar-refractivity contribution in [2.75, 3.05) is 5.75 Å². The second-order valence-corrected chi connectivity index (χ2v) is 5.08. The van der Waals surface area contributed by atoms with Gasteiger partial charge in [-0.1, -0.05) is 19.8 Å². The maximum absolute atomic E-state index is 10.2. The largest absolute Gasteiger partial charge is 1.00 e. The van der Waals surface area contributed by atoms with Crippen molar-refractivity contribution in [3.05, 3.63) is 0 Å². The topological polar surface area (TPSA) is 77.4 Å². The van der Waals surface area contributed by atoms with E-state index < -0.39 is 10.1 Å². The monoisotopic (exact) mass is 246 g/mol. The molecule has 1 N–H and O–H groups in total. The summed E-state index contributed by atoms with van der Waals surface area (Å²) in [5, 5.41) is 9.38. The summed E-state index contributed by atoms with van der Waals surface area (Å²) in [4.78, 5) is 0. The fraction of sp³-hybridized carbons (Fsp3) is 1.00. The first kappa shape index (κ1) is 18.2. The van der Waals surface area contributed by atoms with Gasteiger partial charge in [-0.2, -0.15) is 0 Å². The summed E-state index contributed by atoms with van der Waals surface area (Å²) in [6.07, 6.45) is 4.01. The zero-order valence-electron chi connectivity index (χ0n) is 9.61. The van der Waals surface area contributed by atoms with E-state index in [1.54, 1.807) is 0 Å². The van der Waals surface area contributed by atoms with Crippen molar-refractivity contribution >= 4 is 10.1 Å². The quantitative estimate of drug-likeness (QED) is 0.313. The molecule has 0 saturated carbocycles. The maximum Gasteiger partial charge on any atom is 1.00 e. The number of hydrogen-bond acceptors (Lipinski definition) is 4. The van der Waals surface area contributed by atoms with Crippen LogP contribution < -0.4 is 29.6 Å². The molecule has 0 fully saturated rings. The Balaban J connectivity index is 0. The summed E-state index contributed by atoms with van der Waals surface area (Å²) >= 11 is 0. The van der Waals surface area contributed by atoms with Crippen LogP contribution in [0.25, 0.3) is 0 Å². The minimum Gasteiger partial charge on any atom is -0.748 e. The third-order valence-electron chi connectivity index (χ3n) is 2.07. The molecule has 0 aromatic heterocycles. The molecule has 0 saturated heterocycles. The molecule has 1 atom stereocenters. The Morgan fingerprint density at radius 2 is 1.73 bits per heavy atom. The second kappa shape index (κ2) is 10.1. The van der Waals surface area contributed by atoms with Crippen LogP contribution in [0.4, 0.5) is 0 Å². The van der Waals surface area contributed by atoms with Crippen molar-refractivity contribution < 1.29 is 47.6 Å². The van der Waals surface area contributed by atoms with Crippen molar-refractivity contribution in [2.24, 2.45) is 0 Å². The zero-order valence-corrected chi connectivity index (χ0v) is 12.4. The second-order valence-electron chi connectivity index (χ2n) is 3.55. The van der Waals surface area contributed by atoms with E-state index in [9.17, 15) is 18.1 Å².